The number of aromatic amines is 1. The Hall–Kier alpha value is -2.88. The summed E-state index contributed by atoms with van der Waals surface area (Å²) in [4.78, 5) is 35.4. The molecule has 10 heteroatoms. The molecule has 3 aromatic rings. The van der Waals surface area contributed by atoms with Gasteiger partial charge in [0.1, 0.15) is 17.6 Å². The molecular formula is C14H15N7O2S. The Morgan fingerprint density at radius 3 is 2.83 bits per heavy atom. The van der Waals surface area contributed by atoms with E-state index in [1.807, 2.05) is 6.92 Å². The summed E-state index contributed by atoms with van der Waals surface area (Å²) < 4.78 is 1.70. The summed E-state index contributed by atoms with van der Waals surface area (Å²) in [5.41, 5.74) is -0.0120. The van der Waals surface area contributed by atoms with E-state index in [1.54, 1.807) is 23.9 Å². The van der Waals surface area contributed by atoms with Crippen LogP contribution in [0, 0.1) is 6.92 Å². The van der Waals surface area contributed by atoms with Gasteiger partial charge in [-0.25, -0.2) is 9.97 Å². The summed E-state index contributed by atoms with van der Waals surface area (Å²) in [5, 5.41) is 13.1. The average molecular weight is 345 g/mol. The van der Waals surface area contributed by atoms with Gasteiger partial charge in [0.2, 0.25) is 0 Å². The third-order valence-electron chi connectivity index (χ3n) is 3.39. The molecule has 2 N–H and O–H groups in total. The van der Waals surface area contributed by atoms with Crippen molar-refractivity contribution < 1.29 is 4.79 Å². The Kier molecular flexibility index (Phi) is 4.21. The number of nitrogens with one attached hydrogen (secondary N) is 2. The number of carbonyl (C=O) groups is 1. The third-order valence-corrected chi connectivity index (χ3v) is 4.16. The zero-order valence-electron chi connectivity index (χ0n) is 13.3. The number of H-pyrrole nitrogens is 1. The van der Waals surface area contributed by atoms with E-state index in [-0.39, 0.29) is 5.56 Å². The molecule has 1 atom stereocenters. The van der Waals surface area contributed by atoms with Crippen LogP contribution >= 0.6 is 11.3 Å². The van der Waals surface area contributed by atoms with E-state index >= 15 is 0 Å². The van der Waals surface area contributed by atoms with E-state index in [0.717, 1.165) is 5.01 Å². The second kappa shape index (κ2) is 6.32. The Morgan fingerprint density at radius 2 is 2.25 bits per heavy atom. The normalized spacial score (nSPS) is 12.1. The van der Waals surface area contributed by atoms with Crippen LogP contribution in [0.3, 0.4) is 0 Å². The topological polar surface area (TPSA) is 118 Å². The fraction of sp³-hybridized carbons (Fsp3) is 0.286. The summed E-state index contributed by atoms with van der Waals surface area (Å²) in [5.74, 6) is 0.393. The van der Waals surface area contributed by atoms with Crippen LogP contribution in [-0.4, -0.2) is 35.6 Å². The first kappa shape index (κ1) is 16.0. The highest BCUT2D eigenvalue weighted by Gasteiger charge is 2.18. The molecule has 3 rings (SSSR count). The predicted octanol–water partition coefficient (Wildman–Crippen LogP) is 0.821. The quantitative estimate of drug-likeness (QED) is 0.723. The van der Waals surface area contributed by atoms with Gasteiger partial charge in [0.05, 0.1) is 11.0 Å². The number of thiazole rings is 1. The predicted molar refractivity (Wildman–Crippen MR) is 87.6 cm³/mol. The highest BCUT2D eigenvalue weighted by atomic mass is 32.1. The van der Waals surface area contributed by atoms with Crippen molar-refractivity contribution in [2.75, 3.05) is 0 Å². The van der Waals surface area contributed by atoms with Crippen molar-refractivity contribution in [1.82, 2.24) is 35.0 Å². The molecular weight excluding hydrogens is 330 g/mol. The van der Waals surface area contributed by atoms with Gasteiger partial charge in [-0.15, -0.1) is 21.5 Å². The molecule has 3 aromatic heterocycles. The summed E-state index contributed by atoms with van der Waals surface area (Å²) in [6, 6.07) is -0.398. The van der Waals surface area contributed by atoms with Crippen LogP contribution in [0.4, 0.5) is 0 Å². The largest absolute Gasteiger partial charge is 0.342 e. The lowest BCUT2D eigenvalue weighted by Gasteiger charge is -2.12. The van der Waals surface area contributed by atoms with Crippen molar-refractivity contribution in [1.29, 1.82) is 0 Å². The van der Waals surface area contributed by atoms with Crippen molar-refractivity contribution in [3.63, 3.8) is 0 Å². The molecule has 24 heavy (non-hydrogen) atoms. The van der Waals surface area contributed by atoms with Gasteiger partial charge in [-0.1, -0.05) is 0 Å². The highest BCUT2D eigenvalue weighted by Crippen LogP contribution is 2.16. The molecule has 0 spiro atoms. The number of amides is 1. The van der Waals surface area contributed by atoms with E-state index in [9.17, 15) is 9.59 Å². The molecule has 124 valence electrons. The standard InChI is InChI=1S/C14H15N7O2S/c1-7(12-20-16-6-21(12)3)17-13(22)9-4-15-11(19-14(9)23)10-5-24-8(2)18-10/h4-7H,1-3H3,(H,17,22)(H,15,19,23). The first-order chi connectivity index (χ1) is 11.5. The first-order valence-corrected chi connectivity index (χ1v) is 8.00. The smallest absolute Gasteiger partial charge is 0.264 e. The second-order valence-electron chi connectivity index (χ2n) is 5.22. The van der Waals surface area contributed by atoms with Gasteiger partial charge in [0.15, 0.2) is 11.6 Å². The fourth-order valence-corrected chi connectivity index (χ4v) is 2.78. The van der Waals surface area contributed by atoms with E-state index in [4.69, 9.17) is 0 Å². The maximum absolute atomic E-state index is 12.3. The molecule has 0 aliphatic carbocycles. The summed E-state index contributed by atoms with van der Waals surface area (Å²) >= 11 is 1.46. The van der Waals surface area contributed by atoms with Gasteiger partial charge in [-0.3, -0.25) is 9.59 Å². The molecule has 1 amide bonds. The van der Waals surface area contributed by atoms with Crippen LogP contribution < -0.4 is 10.9 Å². The number of aromatic nitrogens is 6. The number of rotatable bonds is 4. The molecule has 0 aliphatic heterocycles. The number of nitrogens with zero attached hydrogens (tertiary/aromatic N) is 5. The molecule has 0 aromatic carbocycles. The molecule has 0 radical (unpaired) electrons. The van der Waals surface area contributed by atoms with Gasteiger partial charge in [0, 0.05) is 18.6 Å². The molecule has 3 heterocycles. The van der Waals surface area contributed by atoms with Crippen molar-refractivity contribution in [2.45, 2.75) is 19.9 Å². The summed E-state index contributed by atoms with van der Waals surface area (Å²) in [6.45, 7) is 3.62. The van der Waals surface area contributed by atoms with Crippen molar-refractivity contribution in [3.05, 3.63) is 44.7 Å². The van der Waals surface area contributed by atoms with Gasteiger partial charge in [0.25, 0.3) is 11.5 Å². The monoisotopic (exact) mass is 345 g/mol. The lowest BCUT2D eigenvalue weighted by molar-refractivity contribution is 0.0936. The molecule has 0 fully saturated rings. The van der Waals surface area contributed by atoms with E-state index in [1.165, 1.54) is 23.9 Å². The maximum atomic E-state index is 12.3. The summed E-state index contributed by atoms with van der Waals surface area (Å²) in [6.07, 6.45) is 2.79. The third kappa shape index (κ3) is 3.08. The van der Waals surface area contributed by atoms with Crippen molar-refractivity contribution >= 4 is 17.2 Å². The van der Waals surface area contributed by atoms with E-state index in [2.05, 4.69) is 30.5 Å². The van der Waals surface area contributed by atoms with Crippen LogP contribution in [0.5, 0.6) is 0 Å². The lowest BCUT2D eigenvalue weighted by atomic mass is 10.2. The minimum Gasteiger partial charge on any atom is -0.342 e. The second-order valence-corrected chi connectivity index (χ2v) is 6.28. The molecule has 9 nitrogen and oxygen atoms in total. The summed E-state index contributed by atoms with van der Waals surface area (Å²) in [7, 11) is 1.77. The van der Waals surface area contributed by atoms with Crippen LogP contribution in [0.15, 0.2) is 22.7 Å². The van der Waals surface area contributed by atoms with E-state index < -0.39 is 17.5 Å². The Morgan fingerprint density at radius 1 is 1.46 bits per heavy atom. The molecule has 1 unspecified atom stereocenters. The average Bonchev–Trinajstić information content (AvgIpc) is 3.15. The van der Waals surface area contributed by atoms with Crippen LogP contribution in [0.1, 0.15) is 34.2 Å². The molecule has 0 saturated carbocycles. The minimum atomic E-state index is -0.528. The van der Waals surface area contributed by atoms with Crippen molar-refractivity contribution in [3.8, 4) is 11.5 Å². The molecule has 0 saturated heterocycles. The Balaban J connectivity index is 1.81. The zero-order valence-corrected chi connectivity index (χ0v) is 14.1. The van der Waals surface area contributed by atoms with E-state index in [0.29, 0.717) is 17.3 Å². The van der Waals surface area contributed by atoms with Gasteiger partial charge in [-0.2, -0.15) is 0 Å². The van der Waals surface area contributed by atoms with Crippen LogP contribution in [-0.2, 0) is 7.05 Å². The number of hydrogen-bond acceptors (Lipinski definition) is 7. The highest BCUT2D eigenvalue weighted by molar-refractivity contribution is 7.09. The van der Waals surface area contributed by atoms with Gasteiger partial charge < -0.3 is 14.9 Å². The number of hydrogen-bond donors (Lipinski definition) is 2. The van der Waals surface area contributed by atoms with Gasteiger partial charge >= 0.3 is 0 Å². The van der Waals surface area contributed by atoms with Crippen LogP contribution in [0.2, 0.25) is 0 Å². The Labute approximate surface area is 140 Å². The Bertz CT molecular complexity index is 943. The maximum Gasteiger partial charge on any atom is 0.264 e. The minimum absolute atomic E-state index is 0.0697. The van der Waals surface area contributed by atoms with Crippen molar-refractivity contribution in [2.24, 2.45) is 7.05 Å². The zero-order chi connectivity index (χ0) is 17.3. The fourth-order valence-electron chi connectivity index (χ4n) is 2.18. The first-order valence-electron chi connectivity index (χ1n) is 7.12. The van der Waals surface area contributed by atoms with Crippen LogP contribution in [0.25, 0.3) is 11.5 Å². The number of carbonyl (C=O) groups excluding carboxylic acids is 1. The molecule has 0 aliphatic rings. The lowest BCUT2D eigenvalue weighted by Crippen LogP contribution is -2.33. The SMILES string of the molecule is Cc1nc(-c2ncc(C(=O)NC(C)c3nncn3C)c(=O)[nH]2)cs1. The number of aryl methyl sites for hydroxylation is 2. The molecule has 0 bridgehead atoms. The van der Waals surface area contributed by atoms with Gasteiger partial charge in [-0.05, 0) is 13.8 Å².